The molecule has 1 aliphatic heterocycles. The summed E-state index contributed by atoms with van der Waals surface area (Å²) in [5, 5.41) is 0. The van der Waals surface area contributed by atoms with Crippen molar-refractivity contribution < 1.29 is 4.74 Å². The quantitative estimate of drug-likeness (QED) is 0.381. The highest BCUT2D eigenvalue weighted by Gasteiger charge is 2.30. The monoisotopic (exact) mass is 362 g/mol. The normalized spacial score (nSPS) is 18.1. The molecule has 1 heterocycles. The Morgan fingerprint density at radius 2 is 1.18 bits per heavy atom. The Kier molecular flexibility index (Phi) is 4.42. The average Bonchev–Trinajstić information content (AvgIpc) is 2.79. The summed E-state index contributed by atoms with van der Waals surface area (Å²) in [6.07, 6.45) is 1.01. The van der Waals surface area contributed by atoms with Crippen molar-refractivity contribution in [3.05, 3.63) is 126 Å². The van der Waals surface area contributed by atoms with Crippen LogP contribution in [0.4, 0.5) is 0 Å². The lowest BCUT2D eigenvalue weighted by molar-refractivity contribution is 0.167. The zero-order chi connectivity index (χ0) is 18.8. The van der Waals surface area contributed by atoms with Gasteiger partial charge in [-0.25, -0.2) is 0 Å². The van der Waals surface area contributed by atoms with Crippen LogP contribution in [0.2, 0.25) is 0 Å². The van der Waals surface area contributed by atoms with Crippen LogP contribution in [0.15, 0.2) is 109 Å². The van der Waals surface area contributed by atoms with Crippen LogP contribution >= 0.6 is 0 Å². The van der Waals surface area contributed by atoms with Gasteiger partial charge in [0.25, 0.3) is 0 Å². The van der Waals surface area contributed by atoms with Crippen LogP contribution in [-0.4, -0.2) is 0 Å². The van der Waals surface area contributed by atoms with Crippen molar-refractivity contribution in [3.63, 3.8) is 0 Å². The van der Waals surface area contributed by atoms with Crippen molar-refractivity contribution in [2.75, 3.05) is 0 Å². The molecule has 0 N–H and O–H groups in total. The van der Waals surface area contributed by atoms with E-state index < -0.39 is 0 Å². The molecule has 5 rings (SSSR count). The Morgan fingerprint density at radius 1 is 0.571 bits per heavy atom. The Morgan fingerprint density at radius 3 is 1.86 bits per heavy atom. The maximum atomic E-state index is 6.53. The van der Waals surface area contributed by atoms with Gasteiger partial charge in [-0.05, 0) is 34.7 Å². The maximum absolute atomic E-state index is 6.53. The Balaban J connectivity index is 1.60. The molecular formula is C27H22O. The molecular weight excluding hydrogens is 340 g/mol. The summed E-state index contributed by atoms with van der Waals surface area (Å²) >= 11 is 0. The second kappa shape index (κ2) is 7.36. The molecule has 28 heavy (non-hydrogen) atoms. The first-order valence-electron chi connectivity index (χ1n) is 9.84. The fraction of sp³-hybridized carbons (Fsp3) is 0.111. The molecule has 1 aliphatic rings. The van der Waals surface area contributed by atoms with E-state index in [2.05, 4.69) is 109 Å². The first kappa shape index (κ1) is 16.8. The van der Waals surface area contributed by atoms with Gasteiger partial charge in [-0.2, -0.15) is 0 Å². The van der Waals surface area contributed by atoms with Crippen LogP contribution in [0.5, 0.6) is 5.75 Å². The molecule has 0 radical (unpaired) electrons. The van der Waals surface area contributed by atoms with Gasteiger partial charge >= 0.3 is 0 Å². The first-order valence-corrected chi connectivity index (χ1v) is 9.84. The molecule has 4 aromatic carbocycles. The molecule has 0 saturated heterocycles. The van der Waals surface area contributed by atoms with Gasteiger partial charge in [0.15, 0.2) is 0 Å². The SMILES string of the molecule is c1ccc(-c2ccc3c(c2)OC(c2ccccc2)CC3c2ccccc2)cc1. The minimum Gasteiger partial charge on any atom is -0.485 e. The van der Waals surface area contributed by atoms with E-state index in [1.807, 2.05) is 0 Å². The number of hydrogen-bond donors (Lipinski definition) is 0. The highest BCUT2D eigenvalue weighted by atomic mass is 16.5. The van der Waals surface area contributed by atoms with Crippen LogP contribution < -0.4 is 4.74 Å². The summed E-state index contributed by atoms with van der Waals surface area (Å²) < 4.78 is 6.53. The maximum Gasteiger partial charge on any atom is 0.125 e. The zero-order valence-corrected chi connectivity index (χ0v) is 15.7. The van der Waals surface area contributed by atoms with Crippen LogP contribution in [-0.2, 0) is 0 Å². The smallest absolute Gasteiger partial charge is 0.125 e. The summed E-state index contributed by atoms with van der Waals surface area (Å²) in [6.45, 7) is 0. The third-order valence-corrected chi connectivity index (χ3v) is 5.59. The van der Waals surface area contributed by atoms with Gasteiger partial charge in [0.1, 0.15) is 11.9 Å². The highest BCUT2D eigenvalue weighted by Crippen LogP contribution is 2.46. The van der Waals surface area contributed by atoms with Gasteiger partial charge in [0, 0.05) is 11.5 Å². The number of benzene rings is 4. The fourth-order valence-corrected chi connectivity index (χ4v) is 4.15. The molecule has 0 aliphatic carbocycles. The van der Waals surface area contributed by atoms with E-state index in [1.165, 1.54) is 27.8 Å². The summed E-state index contributed by atoms with van der Waals surface area (Å²) in [4.78, 5) is 0. The van der Waals surface area contributed by atoms with E-state index in [4.69, 9.17) is 4.74 Å². The summed E-state index contributed by atoms with van der Waals surface area (Å²) in [5.41, 5.74) is 6.27. The van der Waals surface area contributed by atoms with E-state index in [0.717, 1.165) is 12.2 Å². The van der Waals surface area contributed by atoms with Crippen molar-refractivity contribution in [3.8, 4) is 16.9 Å². The van der Waals surface area contributed by atoms with Crippen LogP contribution in [0.1, 0.15) is 35.1 Å². The lowest BCUT2D eigenvalue weighted by atomic mass is 9.82. The second-order valence-corrected chi connectivity index (χ2v) is 7.33. The van der Waals surface area contributed by atoms with Crippen molar-refractivity contribution in [1.29, 1.82) is 0 Å². The van der Waals surface area contributed by atoms with Gasteiger partial charge in [0.05, 0.1) is 0 Å². The summed E-state index contributed by atoms with van der Waals surface area (Å²) in [7, 11) is 0. The van der Waals surface area contributed by atoms with Crippen molar-refractivity contribution in [2.45, 2.75) is 18.4 Å². The largest absolute Gasteiger partial charge is 0.485 e. The first-order chi connectivity index (χ1) is 13.9. The molecule has 0 bridgehead atoms. The predicted molar refractivity (Wildman–Crippen MR) is 115 cm³/mol. The van der Waals surface area contributed by atoms with E-state index in [1.54, 1.807) is 0 Å². The molecule has 1 nitrogen and oxygen atoms in total. The Labute approximate surface area is 166 Å². The lowest BCUT2D eigenvalue weighted by Gasteiger charge is -2.33. The molecule has 0 amide bonds. The molecule has 0 aromatic heterocycles. The van der Waals surface area contributed by atoms with E-state index in [-0.39, 0.29) is 6.10 Å². The van der Waals surface area contributed by atoms with Crippen LogP contribution in [0.25, 0.3) is 11.1 Å². The topological polar surface area (TPSA) is 9.23 Å². The van der Waals surface area contributed by atoms with E-state index >= 15 is 0 Å². The number of fused-ring (bicyclic) bond motifs is 1. The minimum absolute atomic E-state index is 0.0601. The minimum atomic E-state index is 0.0601. The number of rotatable bonds is 3. The Hall–Kier alpha value is -3.32. The van der Waals surface area contributed by atoms with Gasteiger partial charge in [0.2, 0.25) is 0 Å². The molecule has 2 atom stereocenters. The standard InChI is InChI=1S/C27H22O/c1-4-10-20(11-5-1)23-16-17-24-25(21-12-6-2-7-13-21)19-26(28-27(24)18-23)22-14-8-3-9-15-22/h1-18,25-26H,19H2. The lowest BCUT2D eigenvalue weighted by Crippen LogP contribution is -2.20. The van der Waals surface area contributed by atoms with E-state index in [0.29, 0.717) is 5.92 Å². The molecule has 0 fully saturated rings. The average molecular weight is 362 g/mol. The zero-order valence-electron chi connectivity index (χ0n) is 15.7. The van der Waals surface area contributed by atoms with Crippen molar-refractivity contribution in [2.24, 2.45) is 0 Å². The van der Waals surface area contributed by atoms with E-state index in [9.17, 15) is 0 Å². The van der Waals surface area contributed by atoms with Gasteiger partial charge in [-0.3, -0.25) is 0 Å². The van der Waals surface area contributed by atoms with Crippen LogP contribution in [0.3, 0.4) is 0 Å². The molecule has 1 heteroatoms. The van der Waals surface area contributed by atoms with Gasteiger partial charge in [-0.1, -0.05) is 103 Å². The molecule has 4 aromatic rings. The van der Waals surface area contributed by atoms with Crippen molar-refractivity contribution in [1.82, 2.24) is 0 Å². The number of ether oxygens (including phenoxy) is 1. The van der Waals surface area contributed by atoms with Gasteiger partial charge in [-0.15, -0.1) is 0 Å². The third-order valence-electron chi connectivity index (χ3n) is 5.59. The molecule has 0 spiro atoms. The molecule has 136 valence electrons. The summed E-state index contributed by atoms with van der Waals surface area (Å²) in [6, 6.07) is 38.5. The fourth-order valence-electron chi connectivity index (χ4n) is 4.15. The number of hydrogen-bond acceptors (Lipinski definition) is 1. The van der Waals surface area contributed by atoms with Crippen molar-refractivity contribution >= 4 is 0 Å². The van der Waals surface area contributed by atoms with Crippen LogP contribution in [0, 0.1) is 0 Å². The third kappa shape index (κ3) is 3.20. The highest BCUT2D eigenvalue weighted by molar-refractivity contribution is 5.67. The second-order valence-electron chi connectivity index (χ2n) is 7.33. The predicted octanol–water partition coefficient (Wildman–Crippen LogP) is 7.01. The van der Waals surface area contributed by atoms with Gasteiger partial charge < -0.3 is 4.74 Å². The molecule has 2 unspecified atom stereocenters. The summed E-state index contributed by atoms with van der Waals surface area (Å²) in [5.74, 6) is 1.33. The Bertz CT molecular complexity index is 1060. The molecule has 0 saturated carbocycles.